The zero-order valence-corrected chi connectivity index (χ0v) is 42.2. The van der Waals surface area contributed by atoms with E-state index in [1.54, 1.807) is 0 Å². The predicted molar refractivity (Wildman–Crippen MR) is 319 cm³/mol. The van der Waals surface area contributed by atoms with Gasteiger partial charge in [0.1, 0.15) is 33.4 Å². The van der Waals surface area contributed by atoms with Crippen LogP contribution in [0.4, 0.5) is 34.1 Å². The normalized spacial score (nSPS) is 11.6. The third kappa shape index (κ3) is 7.28. The molecule has 4 heterocycles. The van der Waals surface area contributed by atoms with E-state index in [4.69, 9.17) is 18.7 Å². The van der Waals surface area contributed by atoms with Crippen molar-refractivity contribution in [1.82, 2.24) is 27.8 Å². The smallest absolute Gasteiger partial charge is 0.133 e. The minimum Gasteiger partial charge on any atom is -0.309 e. The van der Waals surface area contributed by atoms with E-state index in [1.165, 1.54) is 11.7 Å². The van der Waals surface area contributed by atoms with Gasteiger partial charge in [-0.3, -0.25) is 0 Å². The highest BCUT2D eigenvalue weighted by Gasteiger charge is 2.32. The third-order valence-electron chi connectivity index (χ3n) is 14.7. The standard InChI is InChI=1S/C68H44N8S/c1-7-23-45(24-8-1)61-62(46-25-9-2-10-26-46)70-64-63(69-61)67(73(47-27-11-3-12-28-47)51-39-41-59-55(43-51)53-35-19-21-37-57(53)75(59)49-31-15-5-16-32-49)65-66(72-77-71-65)68(64)74(48-29-13-4-14-30-48)52-40-42-60-56(44-52)54-36-20-22-38-58(54)76(60)50-33-17-6-18-34-50/h1-44H. The van der Waals surface area contributed by atoms with Crippen molar-refractivity contribution in [2.24, 2.45) is 0 Å². The average Bonchev–Trinajstić information content (AvgIpc) is 4.28. The summed E-state index contributed by atoms with van der Waals surface area (Å²) in [5, 5.41) is 4.56. The largest absolute Gasteiger partial charge is 0.309 e. The Morgan fingerprint density at radius 2 is 0.623 bits per heavy atom. The number of anilines is 6. The highest BCUT2D eigenvalue weighted by molar-refractivity contribution is 7.00. The molecular weight excluding hydrogens is 961 g/mol. The van der Waals surface area contributed by atoms with Crippen molar-refractivity contribution in [3.63, 3.8) is 0 Å². The molecule has 9 heteroatoms. The summed E-state index contributed by atoms with van der Waals surface area (Å²) in [7, 11) is 0. The molecule has 8 nitrogen and oxygen atoms in total. The van der Waals surface area contributed by atoms with Gasteiger partial charge in [-0.25, -0.2) is 9.97 Å². The van der Waals surface area contributed by atoms with Crippen molar-refractivity contribution in [3.8, 4) is 33.9 Å². The van der Waals surface area contributed by atoms with Gasteiger partial charge in [-0.1, -0.05) is 170 Å². The summed E-state index contributed by atoms with van der Waals surface area (Å²) in [6.07, 6.45) is 0. The maximum atomic E-state index is 5.94. The van der Waals surface area contributed by atoms with Crippen LogP contribution in [-0.2, 0) is 0 Å². The summed E-state index contributed by atoms with van der Waals surface area (Å²) in [6.45, 7) is 0. The molecule has 0 fully saturated rings. The van der Waals surface area contributed by atoms with Gasteiger partial charge in [0.2, 0.25) is 0 Å². The summed E-state index contributed by atoms with van der Waals surface area (Å²) in [5.41, 5.74) is 18.2. The Hall–Kier alpha value is -10.2. The van der Waals surface area contributed by atoms with Crippen LogP contribution >= 0.6 is 11.7 Å². The lowest BCUT2D eigenvalue weighted by molar-refractivity contribution is 1.18. The highest BCUT2D eigenvalue weighted by atomic mass is 32.1. The van der Waals surface area contributed by atoms with Crippen LogP contribution in [0.25, 0.3) is 99.6 Å². The molecule has 0 unspecified atom stereocenters. The molecule has 0 atom stereocenters. The van der Waals surface area contributed by atoms with E-state index in [0.717, 1.165) is 112 Å². The lowest BCUT2D eigenvalue weighted by atomic mass is 10.0. The van der Waals surface area contributed by atoms with Crippen molar-refractivity contribution < 1.29 is 0 Å². The van der Waals surface area contributed by atoms with E-state index in [0.29, 0.717) is 22.1 Å². The fraction of sp³-hybridized carbons (Fsp3) is 0. The van der Waals surface area contributed by atoms with Gasteiger partial charge in [0, 0.05) is 66.8 Å². The van der Waals surface area contributed by atoms with E-state index in [1.807, 2.05) is 12.1 Å². The molecule has 11 aromatic carbocycles. The second-order valence-electron chi connectivity index (χ2n) is 19.1. The molecule has 0 aliphatic heterocycles. The molecule has 15 aromatic rings. The van der Waals surface area contributed by atoms with Crippen LogP contribution in [0.1, 0.15) is 0 Å². The Bertz CT molecular complexity index is 4380. The first-order valence-electron chi connectivity index (χ1n) is 25.7. The van der Waals surface area contributed by atoms with Gasteiger partial charge in [0.05, 0.1) is 45.2 Å². The van der Waals surface area contributed by atoms with Crippen LogP contribution in [-0.4, -0.2) is 27.8 Å². The first-order valence-corrected chi connectivity index (χ1v) is 26.5. The maximum Gasteiger partial charge on any atom is 0.133 e. The van der Waals surface area contributed by atoms with Crippen molar-refractivity contribution in [2.45, 2.75) is 0 Å². The molecule has 362 valence electrons. The molecule has 0 saturated heterocycles. The number of para-hydroxylation sites is 6. The molecule has 15 rings (SSSR count). The molecular formula is C68H44N8S. The molecule has 0 N–H and O–H groups in total. The van der Waals surface area contributed by atoms with Crippen LogP contribution in [0, 0.1) is 0 Å². The molecule has 0 bridgehead atoms. The third-order valence-corrected chi connectivity index (χ3v) is 15.2. The number of benzene rings is 11. The zero-order chi connectivity index (χ0) is 50.8. The molecule has 0 spiro atoms. The summed E-state index contributed by atoms with van der Waals surface area (Å²) < 4.78 is 15.4. The molecule has 0 aliphatic carbocycles. The fourth-order valence-electron chi connectivity index (χ4n) is 11.4. The summed E-state index contributed by atoms with van der Waals surface area (Å²) in [4.78, 5) is 16.5. The Labute approximate surface area is 447 Å². The molecule has 4 aromatic heterocycles. The summed E-state index contributed by atoms with van der Waals surface area (Å²) >= 11 is 1.20. The van der Waals surface area contributed by atoms with Gasteiger partial charge in [-0.2, -0.15) is 8.75 Å². The van der Waals surface area contributed by atoms with Gasteiger partial charge in [-0.15, -0.1) is 0 Å². The van der Waals surface area contributed by atoms with Crippen LogP contribution in [0.15, 0.2) is 267 Å². The lowest BCUT2D eigenvalue weighted by Crippen LogP contribution is -2.16. The van der Waals surface area contributed by atoms with Gasteiger partial charge < -0.3 is 18.9 Å². The van der Waals surface area contributed by atoms with Crippen LogP contribution in [0.5, 0.6) is 0 Å². The fourth-order valence-corrected chi connectivity index (χ4v) is 11.9. The topological polar surface area (TPSA) is 67.9 Å². The van der Waals surface area contributed by atoms with Gasteiger partial charge in [-0.05, 0) is 97.1 Å². The highest BCUT2D eigenvalue weighted by Crippen LogP contribution is 2.52. The molecule has 0 saturated carbocycles. The number of aromatic nitrogens is 6. The Balaban J connectivity index is 1.07. The number of nitrogens with zero attached hydrogens (tertiary/aromatic N) is 8. The van der Waals surface area contributed by atoms with Crippen LogP contribution in [0.3, 0.4) is 0 Å². The molecule has 0 radical (unpaired) electrons. The SMILES string of the molecule is c1ccc(-c2nc3c(N(c4ccccc4)c4ccc5c(c4)c4ccccc4n5-c4ccccc4)c4nsnc4c(N(c4ccccc4)c4ccc5c(c4)c4ccccc4n5-c4ccccc4)c3nc2-c2ccccc2)cc1. The average molecular weight is 1010 g/mol. The van der Waals surface area contributed by atoms with Crippen LogP contribution < -0.4 is 9.80 Å². The van der Waals surface area contributed by atoms with Crippen molar-refractivity contribution in [3.05, 3.63) is 267 Å². The Morgan fingerprint density at radius 3 is 1.03 bits per heavy atom. The quantitative estimate of drug-likeness (QED) is 0.127. The molecule has 0 aliphatic rings. The Kier molecular flexibility index (Phi) is 10.5. The second kappa shape index (κ2) is 18.3. The Morgan fingerprint density at radius 1 is 0.286 bits per heavy atom. The molecule has 0 amide bonds. The molecule has 77 heavy (non-hydrogen) atoms. The van der Waals surface area contributed by atoms with E-state index in [-0.39, 0.29) is 0 Å². The number of fused-ring (bicyclic) bond motifs is 8. The van der Waals surface area contributed by atoms with Gasteiger partial charge in [0.25, 0.3) is 0 Å². The van der Waals surface area contributed by atoms with E-state index < -0.39 is 0 Å². The van der Waals surface area contributed by atoms with Gasteiger partial charge >= 0.3 is 0 Å². The van der Waals surface area contributed by atoms with E-state index in [9.17, 15) is 0 Å². The summed E-state index contributed by atoms with van der Waals surface area (Å²) in [6, 6.07) is 94.0. The van der Waals surface area contributed by atoms with E-state index >= 15 is 0 Å². The summed E-state index contributed by atoms with van der Waals surface area (Å²) in [5.74, 6) is 0. The van der Waals surface area contributed by atoms with Crippen LogP contribution in [0.2, 0.25) is 0 Å². The number of hydrogen-bond donors (Lipinski definition) is 0. The van der Waals surface area contributed by atoms with Crippen molar-refractivity contribution in [2.75, 3.05) is 9.80 Å². The maximum absolute atomic E-state index is 5.94. The lowest BCUT2D eigenvalue weighted by Gasteiger charge is -2.30. The monoisotopic (exact) mass is 1000 g/mol. The van der Waals surface area contributed by atoms with Crippen molar-refractivity contribution in [1.29, 1.82) is 0 Å². The predicted octanol–water partition coefficient (Wildman–Crippen LogP) is 18.1. The second-order valence-corrected chi connectivity index (χ2v) is 19.7. The number of hydrogen-bond acceptors (Lipinski definition) is 7. The number of rotatable bonds is 10. The minimum atomic E-state index is 0.678. The first-order chi connectivity index (χ1) is 38.2. The zero-order valence-electron chi connectivity index (χ0n) is 41.4. The van der Waals surface area contributed by atoms with Gasteiger partial charge in [0.15, 0.2) is 0 Å². The minimum absolute atomic E-state index is 0.678. The van der Waals surface area contributed by atoms with E-state index in [2.05, 4.69) is 274 Å². The van der Waals surface area contributed by atoms with Crippen molar-refractivity contribution >= 4 is 112 Å². The first kappa shape index (κ1) is 44.3.